The van der Waals surface area contributed by atoms with E-state index >= 15 is 0 Å². The van der Waals surface area contributed by atoms with Crippen LogP contribution in [0, 0.1) is 13.8 Å². The second-order valence-corrected chi connectivity index (χ2v) is 4.08. The predicted molar refractivity (Wildman–Crippen MR) is 62.3 cm³/mol. The van der Waals surface area contributed by atoms with E-state index in [1.807, 2.05) is 0 Å². The van der Waals surface area contributed by atoms with Crippen molar-refractivity contribution in [3.05, 3.63) is 22.7 Å². The molecule has 0 unspecified atom stereocenters. The van der Waals surface area contributed by atoms with Gasteiger partial charge in [0.15, 0.2) is 0 Å². The number of aryl methyl sites for hydroxylation is 2. The second kappa shape index (κ2) is 3.81. The minimum absolute atomic E-state index is 0.317. The highest BCUT2D eigenvalue weighted by Crippen LogP contribution is 2.24. The van der Waals surface area contributed by atoms with E-state index in [9.17, 15) is 0 Å². The predicted octanol–water partition coefficient (Wildman–Crippen LogP) is 3.11. The van der Waals surface area contributed by atoms with Gasteiger partial charge in [0.05, 0.1) is 0 Å². The quantitative estimate of drug-likeness (QED) is 0.733. The SMILES string of the molecule is CCCn1c(C)c(C)c2cnc(Cl)nc21. The van der Waals surface area contributed by atoms with Crippen molar-refractivity contribution in [1.29, 1.82) is 0 Å². The Labute approximate surface area is 94.1 Å². The second-order valence-electron chi connectivity index (χ2n) is 3.74. The smallest absolute Gasteiger partial charge is 0.224 e. The van der Waals surface area contributed by atoms with E-state index in [4.69, 9.17) is 11.6 Å². The first-order chi connectivity index (χ1) is 7.15. The van der Waals surface area contributed by atoms with Gasteiger partial charge in [-0.2, -0.15) is 4.98 Å². The van der Waals surface area contributed by atoms with Crippen LogP contribution in [0.25, 0.3) is 11.0 Å². The van der Waals surface area contributed by atoms with Crippen LogP contribution in [0.5, 0.6) is 0 Å². The highest BCUT2D eigenvalue weighted by atomic mass is 35.5. The highest BCUT2D eigenvalue weighted by Gasteiger charge is 2.12. The van der Waals surface area contributed by atoms with Crippen molar-refractivity contribution >= 4 is 22.6 Å². The maximum absolute atomic E-state index is 5.82. The maximum atomic E-state index is 5.82. The molecule has 0 aromatic carbocycles. The van der Waals surface area contributed by atoms with Crippen molar-refractivity contribution in [1.82, 2.24) is 14.5 Å². The lowest BCUT2D eigenvalue weighted by Crippen LogP contribution is -2.00. The number of hydrogen-bond acceptors (Lipinski definition) is 2. The van der Waals surface area contributed by atoms with Crippen LogP contribution in [-0.2, 0) is 6.54 Å². The van der Waals surface area contributed by atoms with E-state index < -0.39 is 0 Å². The molecule has 0 atom stereocenters. The summed E-state index contributed by atoms with van der Waals surface area (Å²) < 4.78 is 2.21. The molecule has 0 saturated heterocycles. The molecule has 0 aliphatic rings. The van der Waals surface area contributed by atoms with Crippen LogP contribution < -0.4 is 0 Å². The van der Waals surface area contributed by atoms with Crippen molar-refractivity contribution in [3.8, 4) is 0 Å². The third-order valence-corrected chi connectivity index (χ3v) is 2.98. The standard InChI is InChI=1S/C11H14ClN3/c1-4-5-15-8(3)7(2)9-6-13-11(12)14-10(9)15/h6H,4-5H2,1-3H3. The molecule has 0 amide bonds. The summed E-state index contributed by atoms with van der Waals surface area (Å²) in [6, 6.07) is 0. The summed E-state index contributed by atoms with van der Waals surface area (Å²) >= 11 is 5.82. The van der Waals surface area contributed by atoms with Crippen LogP contribution in [-0.4, -0.2) is 14.5 Å². The van der Waals surface area contributed by atoms with Gasteiger partial charge in [-0.25, -0.2) is 4.98 Å². The molecule has 2 aromatic heterocycles. The molecule has 15 heavy (non-hydrogen) atoms. The number of halogens is 1. The molecular weight excluding hydrogens is 210 g/mol. The maximum Gasteiger partial charge on any atom is 0.224 e. The number of fused-ring (bicyclic) bond motifs is 1. The first kappa shape index (κ1) is 10.4. The Morgan fingerprint density at radius 1 is 1.40 bits per heavy atom. The normalized spacial score (nSPS) is 11.2. The van der Waals surface area contributed by atoms with E-state index in [1.165, 1.54) is 11.3 Å². The van der Waals surface area contributed by atoms with Crippen molar-refractivity contribution in [2.75, 3.05) is 0 Å². The van der Waals surface area contributed by atoms with Gasteiger partial charge in [-0.1, -0.05) is 6.92 Å². The van der Waals surface area contributed by atoms with Crippen LogP contribution in [0.2, 0.25) is 5.28 Å². The number of hydrogen-bond donors (Lipinski definition) is 0. The third-order valence-electron chi connectivity index (χ3n) is 2.79. The van der Waals surface area contributed by atoms with Gasteiger partial charge in [0.1, 0.15) is 5.65 Å². The van der Waals surface area contributed by atoms with E-state index in [2.05, 4.69) is 35.3 Å². The molecule has 2 heterocycles. The molecule has 0 fully saturated rings. The van der Waals surface area contributed by atoms with E-state index in [1.54, 1.807) is 6.20 Å². The molecule has 4 heteroatoms. The largest absolute Gasteiger partial charge is 0.330 e. The molecule has 0 saturated carbocycles. The molecule has 2 rings (SSSR count). The molecule has 0 N–H and O–H groups in total. The van der Waals surface area contributed by atoms with Crippen molar-refractivity contribution in [3.63, 3.8) is 0 Å². The van der Waals surface area contributed by atoms with Crippen molar-refractivity contribution in [2.45, 2.75) is 33.7 Å². The van der Waals surface area contributed by atoms with Crippen molar-refractivity contribution in [2.24, 2.45) is 0 Å². The van der Waals surface area contributed by atoms with Crippen molar-refractivity contribution < 1.29 is 0 Å². The van der Waals surface area contributed by atoms with Gasteiger partial charge in [0, 0.05) is 23.8 Å². The minimum atomic E-state index is 0.317. The molecule has 0 aliphatic heterocycles. The lowest BCUT2D eigenvalue weighted by molar-refractivity contribution is 0.678. The molecule has 80 valence electrons. The lowest BCUT2D eigenvalue weighted by Gasteiger charge is -2.04. The molecule has 0 bridgehead atoms. The average molecular weight is 224 g/mol. The molecule has 0 aliphatic carbocycles. The van der Waals surface area contributed by atoms with Gasteiger partial charge in [-0.15, -0.1) is 0 Å². The first-order valence-corrected chi connectivity index (χ1v) is 5.51. The zero-order valence-electron chi connectivity index (χ0n) is 9.21. The summed E-state index contributed by atoms with van der Waals surface area (Å²) in [7, 11) is 0. The molecule has 0 radical (unpaired) electrons. The molecular formula is C11H14ClN3. The van der Waals surface area contributed by atoms with Crippen LogP contribution in [0.15, 0.2) is 6.20 Å². The summed E-state index contributed by atoms with van der Waals surface area (Å²) in [5, 5.41) is 1.42. The van der Waals surface area contributed by atoms with Gasteiger partial charge in [0.25, 0.3) is 0 Å². The van der Waals surface area contributed by atoms with E-state index in [0.29, 0.717) is 5.28 Å². The highest BCUT2D eigenvalue weighted by molar-refractivity contribution is 6.28. The Kier molecular flexibility index (Phi) is 2.65. The fraction of sp³-hybridized carbons (Fsp3) is 0.455. The third kappa shape index (κ3) is 1.61. The number of rotatable bonds is 2. The molecule has 0 spiro atoms. The average Bonchev–Trinajstić information content (AvgIpc) is 2.44. The van der Waals surface area contributed by atoms with E-state index in [0.717, 1.165) is 24.0 Å². The zero-order valence-corrected chi connectivity index (χ0v) is 9.97. The fourth-order valence-corrected chi connectivity index (χ4v) is 2.00. The topological polar surface area (TPSA) is 30.7 Å². The summed E-state index contributed by atoms with van der Waals surface area (Å²) in [4.78, 5) is 8.32. The fourth-order valence-electron chi connectivity index (χ4n) is 1.88. The zero-order chi connectivity index (χ0) is 11.0. The summed E-state index contributed by atoms with van der Waals surface area (Å²) in [6.07, 6.45) is 2.89. The van der Waals surface area contributed by atoms with Gasteiger partial charge in [-0.05, 0) is 37.4 Å². The van der Waals surface area contributed by atoms with Gasteiger partial charge < -0.3 is 4.57 Å². The van der Waals surface area contributed by atoms with Gasteiger partial charge in [0.2, 0.25) is 5.28 Å². The summed E-state index contributed by atoms with van der Waals surface area (Å²) in [5.41, 5.74) is 3.45. The van der Waals surface area contributed by atoms with Gasteiger partial charge >= 0.3 is 0 Å². The number of aromatic nitrogens is 3. The Bertz CT molecular complexity index is 502. The van der Waals surface area contributed by atoms with Crippen LogP contribution in [0.1, 0.15) is 24.6 Å². The summed E-state index contributed by atoms with van der Waals surface area (Å²) in [5.74, 6) is 0. The lowest BCUT2D eigenvalue weighted by atomic mass is 10.2. The van der Waals surface area contributed by atoms with Crippen LogP contribution in [0.4, 0.5) is 0 Å². The Morgan fingerprint density at radius 3 is 2.80 bits per heavy atom. The first-order valence-electron chi connectivity index (χ1n) is 5.13. The Balaban J connectivity index is 2.76. The molecule has 3 nitrogen and oxygen atoms in total. The Morgan fingerprint density at radius 2 is 2.13 bits per heavy atom. The number of nitrogens with zero attached hydrogens (tertiary/aromatic N) is 3. The van der Waals surface area contributed by atoms with Crippen LogP contribution in [0.3, 0.4) is 0 Å². The molecule has 2 aromatic rings. The Hall–Kier alpha value is -1.09. The monoisotopic (exact) mass is 223 g/mol. The van der Waals surface area contributed by atoms with Gasteiger partial charge in [-0.3, -0.25) is 0 Å². The minimum Gasteiger partial charge on any atom is -0.330 e. The van der Waals surface area contributed by atoms with Crippen LogP contribution >= 0.6 is 11.6 Å². The summed E-state index contributed by atoms with van der Waals surface area (Å²) in [6.45, 7) is 7.34. The van der Waals surface area contributed by atoms with E-state index in [-0.39, 0.29) is 0 Å².